The number of thiophene rings is 1. The Labute approximate surface area is 142 Å². The van der Waals surface area contributed by atoms with Crippen LogP contribution in [-0.2, 0) is 4.79 Å². The smallest absolute Gasteiger partial charge is 0.273 e. The standard InChI is InChI=1S/C16H17N3O4S/c20-13-5-2-1-4-12(13)16(23)19-18-14(21)6-3-8-17-15(22)11-7-9-24-10-11/h1-2,4-5,7,9-10,20H,3,6,8H2,(H,17,22)(H,18,21)(H,19,23). The lowest BCUT2D eigenvalue weighted by atomic mass is 10.2. The molecular formula is C16H17N3O4S. The number of amides is 3. The highest BCUT2D eigenvalue weighted by atomic mass is 32.1. The van der Waals surface area contributed by atoms with E-state index in [9.17, 15) is 19.5 Å². The topological polar surface area (TPSA) is 108 Å². The lowest BCUT2D eigenvalue weighted by molar-refractivity contribution is -0.121. The summed E-state index contributed by atoms with van der Waals surface area (Å²) < 4.78 is 0. The van der Waals surface area contributed by atoms with Crippen molar-refractivity contribution in [3.8, 4) is 5.75 Å². The molecule has 0 unspecified atom stereocenters. The first kappa shape index (κ1) is 17.5. The van der Waals surface area contributed by atoms with Crippen molar-refractivity contribution in [3.05, 3.63) is 52.2 Å². The fourth-order valence-corrected chi connectivity index (χ4v) is 2.50. The molecule has 3 amide bonds. The van der Waals surface area contributed by atoms with Gasteiger partial charge in [-0.05, 0) is 30.0 Å². The maximum atomic E-state index is 11.8. The van der Waals surface area contributed by atoms with Crippen LogP contribution >= 0.6 is 11.3 Å². The van der Waals surface area contributed by atoms with Gasteiger partial charge in [-0.2, -0.15) is 11.3 Å². The summed E-state index contributed by atoms with van der Waals surface area (Å²) in [6.07, 6.45) is 0.582. The molecular weight excluding hydrogens is 330 g/mol. The van der Waals surface area contributed by atoms with Gasteiger partial charge in [-0.3, -0.25) is 25.2 Å². The molecule has 0 saturated heterocycles. The van der Waals surface area contributed by atoms with E-state index in [1.165, 1.54) is 23.5 Å². The lowest BCUT2D eigenvalue weighted by Gasteiger charge is -2.08. The van der Waals surface area contributed by atoms with E-state index in [4.69, 9.17) is 0 Å². The summed E-state index contributed by atoms with van der Waals surface area (Å²) in [7, 11) is 0. The van der Waals surface area contributed by atoms with Crippen LogP contribution in [0.3, 0.4) is 0 Å². The molecule has 0 aliphatic rings. The molecule has 0 saturated carbocycles. The Bertz CT molecular complexity index is 716. The first-order valence-corrected chi connectivity index (χ1v) is 8.20. The monoisotopic (exact) mass is 347 g/mol. The molecule has 1 heterocycles. The van der Waals surface area contributed by atoms with Crippen LogP contribution in [0.15, 0.2) is 41.1 Å². The van der Waals surface area contributed by atoms with Gasteiger partial charge >= 0.3 is 0 Å². The van der Waals surface area contributed by atoms with E-state index in [1.807, 2.05) is 5.38 Å². The van der Waals surface area contributed by atoms with E-state index >= 15 is 0 Å². The molecule has 4 N–H and O–H groups in total. The third-order valence-electron chi connectivity index (χ3n) is 3.11. The highest BCUT2D eigenvalue weighted by Gasteiger charge is 2.11. The predicted molar refractivity (Wildman–Crippen MR) is 89.6 cm³/mol. The third kappa shape index (κ3) is 5.10. The average Bonchev–Trinajstić information content (AvgIpc) is 3.11. The van der Waals surface area contributed by atoms with Crippen molar-refractivity contribution in [1.82, 2.24) is 16.2 Å². The quantitative estimate of drug-likeness (QED) is 0.468. The maximum Gasteiger partial charge on any atom is 0.273 e. The molecule has 126 valence electrons. The minimum absolute atomic E-state index is 0.0702. The number of phenolic OH excluding ortho intramolecular Hbond substituents is 1. The Morgan fingerprint density at radius 2 is 1.83 bits per heavy atom. The van der Waals surface area contributed by atoms with E-state index in [2.05, 4.69) is 16.2 Å². The van der Waals surface area contributed by atoms with Crippen LogP contribution in [0.2, 0.25) is 0 Å². The van der Waals surface area contributed by atoms with Gasteiger partial charge in [-0.1, -0.05) is 12.1 Å². The summed E-state index contributed by atoms with van der Waals surface area (Å²) in [5, 5.41) is 15.8. The third-order valence-corrected chi connectivity index (χ3v) is 3.80. The largest absolute Gasteiger partial charge is 0.507 e. The number of aromatic hydroxyl groups is 1. The molecule has 1 aromatic carbocycles. The zero-order chi connectivity index (χ0) is 17.4. The molecule has 0 atom stereocenters. The molecule has 24 heavy (non-hydrogen) atoms. The molecule has 7 nitrogen and oxygen atoms in total. The SMILES string of the molecule is O=C(CCCNC(=O)c1ccsc1)NNC(=O)c1ccccc1O. The number of para-hydroxylation sites is 1. The number of hydrazine groups is 1. The zero-order valence-corrected chi connectivity index (χ0v) is 13.6. The molecule has 2 rings (SSSR count). The minimum atomic E-state index is -0.604. The van der Waals surface area contributed by atoms with Crippen LogP contribution in [0.5, 0.6) is 5.75 Å². The zero-order valence-electron chi connectivity index (χ0n) is 12.7. The molecule has 8 heteroatoms. The second kappa shape index (κ2) is 8.68. The highest BCUT2D eigenvalue weighted by Crippen LogP contribution is 2.14. The van der Waals surface area contributed by atoms with Crippen molar-refractivity contribution in [2.45, 2.75) is 12.8 Å². The van der Waals surface area contributed by atoms with E-state index in [0.29, 0.717) is 18.5 Å². The highest BCUT2D eigenvalue weighted by molar-refractivity contribution is 7.08. The van der Waals surface area contributed by atoms with E-state index in [0.717, 1.165) is 0 Å². The maximum absolute atomic E-state index is 11.8. The van der Waals surface area contributed by atoms with Gasteiger partial charge in [0.25, 0.3) is 11.8 Å². The number of rotatable bonds is 6. The van der Waals surface area contributed by atoms with Crippen molar-refractivity contribution in [1.29, 1.82) is 0 Å². The Balaban J connectivity index is 1.64. The molecule has 0 spiro atoms. The second-order valence-electron chi connectivity index (χ2n) is 4.89. The van der Waals surface area contributed by atoms with E-state index < -0.39 is 5.91 Å². The number of carbonyl (C=O) groups is 3. The Morgan fingerprint density at radius 1 is 1.04 bits per heavy atom. The van der Waals surface area contributed by atoms with Crippen molar-refractivity contribution in [2.75, 3.05) is 6.54 Å². The fraction of sp³-hybridized carbons (Fsp3) is 0.188. The number of nitrogens with one attached hydrogen (secondary N) is 3. The molecule has 0 fully saturated rings. The molecule has 0 radical (unpaired) electrons. The number of hydrogen-bond acceptors (Lipinski definition) is 5. The van der Waals surface area contributed by atoms with Crippen LogP contribution in [0.1, 0.15) is 33.6 Å². The van der Waals surface area contributed by atoms with Crippen molar-refractivity contribution in [3.63, 3.8) is 0 Å². The summed E-state index contributed by atoms with van der Waals surface area (Å²) in [6.45, 7) is 0.357. The van der Waals surface area contributed by atoms with Gasteiger partial charge in [0.15, 0.2) is 0 Å². The van der Waals surface area contributed by atoms with Crippen LogP contribution in [0.4, 0.5) is 0 Å². The predicted octanol–water partition coefficient (Wildman–Crippen LogP) is 1.42. The van der Waals surface area contributed by atoms with E-state index in [-0.39, 0.29) is 29.5 Å². The van der Waals surface area contributed by atoms with Gasteiger partial charge in [-0.15, -0.1) is 0 Å². The molecule has 1 aromatic heterocycles. The van der Waals surface area contributed by atoms with Crippen LogP contribution < -0.4 is 16.2 Å². The van der Waals surface area contributed by atoms with Gasteiger partial charge in [0, 0.05) is 23.9 Å². The van der Waals surface area contributed by atoms with Gasteiger partial charge < -0.3 is 10.4 Å². The van der Waals surface area contributed by atoms with Gasteiger partial charge in [0.05, 0.1) is 5.56 Å². The number of benzene rings is 1. The van der Waals surface area contributed by atoms with Gasteiger partial charge in [0.2, 0.25) is 5.91 Å². The summed E-state index contributed by atoms with van der Waals surface area (Å²) >= 11 is 1.44. The first-order chi connectivity index (χ1) is 11.6. The van der Waals surface area contributed by atoms with Crippen LogP contribution in [-0.4, -0.2) is 29.4 Å². The Morgan fingerprint density at radius 3 is 2.54 bits per heavy atom. The summed E-state index contributed by atoms with van der Waals surface area (Å²) in [5.74, 6) is -1.33. The normalized spacial score (nSPS) is 10.0. The van der Waals surface area contributed by atoms with Gasteiger partial charge in [0.1, 0.15) is 5.75 Å². The summed E-state index contributed by atoms with van der Waals surface area (Å²) in [5.41, 5.74) is 5.16. The summed E-state index contributed by atoms with van der Waals surface area (Å²) in [6, 6.07) is 7.74. The average molecular weight is 347 g/mol. The van der Waals surface area contributed by atoms with Crippen molar-refractivity contribution in [2.24, 2.45) is 0 Å². The first-order valence-electron chi connectivity index (χ1n) is 7.25. The Kier molecular flexibility index (Phi) is 6.32. The summed E-state index contributed by atoms with van der Waals surface area (Å²) in [4.78, 5) is 35.1. The number of carbonyl (C=O) groups excluding carboxylic acids is 3. The Hall–Kier alpha value is -2.87. The molecule has 2 aromatic rings. The van der Waals surface area contributed by atoms with Crippen molar-refractivity contribution >= 4 is 29.1 Å². The van der Waals surface area contributed by atoms with E-state index in [1.54, 1.807) is 23.6 Å². The second-order valence-corrected chi connectivity index (χ2v) is 5.67. The van der Waals surface area contributed by atoms with Crippen molar-refractivity contribution < 1.29 is 19.5 Å². The van der Waals surface area contributed by atoms with Crippen LogP contribution in [0, 0.1) is 0 Å². The van der Waals surface area contributed by atoms with Crippen LogP contribution in [0.25, 0.3) is 0 Å². The molecule has 0 bridgehead atoms. The number of phenols is 1. The fourth-order valence-electron chi connectivity index (χ4n) is 1.87. The molecule has 0 aliphatic carbocycles. The van der Waals surface area contributed by atoms with Gasteiger partial charge in [-0.25, -0.2) is 0 Å². The minimum Gasteiger partial charge on any atom is -0.507 e. The molecule has 0 aliphatic heterocycles. The lowest BCUT2D eigenvalue weighted by Crippen LogP contribution is -2.41. The number of hydrogen-bond donors (Lipinski definition) is 4.